The summed E-state index contributed by atoms with van der Waals surface area (Å²) in [6.07, 6.45) is 1.21. The third-order valence-corrected chi connectivity index (χ3v) is 4.47. The molecule has 0 aromatic heterocycles. The van der Waals surface area contributed by atoms with E-state index in [0.717, 1.165) is 17.5 Å². The van der Waals surface area contributed by atoms with Gasteiger partial charge in [0.1, 0.15) is 5.75 Å². The molecule has 0 heterocycles. The fourth-order valence-corrected chi connectivity index (χ4v) is 2.84. The Morgan fingerprint density at radius 3 is 2.33 bits per heavy atom. The molecule has 6 heteroatoms. The Hall–Kier alpha value is -3.15. The number of amides is 1. The van der Waals surface area contributed by atoms with Crippen LogP contribution in [0.2, 0.25) is 0 Å². The van der Waals surface area contributed by atoms with Crippen molar-refractivity contribution in [1.82, 2.24) is 0 Å². The van der Waals surface area contributed by atoms with Crippen LogP contribution in [-0.2, 0) is 14.3 Å². The normalized spacial score (nSPS) is 10.6. The molecule has 2 aromatic rings. The fourth-order valence-electron chi connectivity index (χ4n) is 2.84. The van der Waals surface area contributed by atoms with Gasteiger partial charge in [-0.05, 0) is 60.7 Å². The van der Waals surface area contributed by atoms with Gasteiger partial charge in [-0.15, -0.1) is 0 Å². The van der Waals surface area contributed by atoms with E-state index in [1.807, 2.05) is 32.0 Å². The molecule has 2 aromatic carbocycles. The lowest BCUT2D eigenvalue weighted by molar-refractivity contribution is -0.144. The molecule has 0 atom stereocenters. The van der Waals surface area contributed by atoms with Crippen LogP contribution in [0.3, 0.4) is 0 Å². The van der Waals surface area contributed by atoms with Crippen LogP contribution < -0.4 is 10.1 Å². The summed E-state index contributed by atoms with van der Waals surface area (Å²) in [6, 6.07) is 12.4. The first kappa shape index (κ1) is 23.1. The van der Waals surface area contributed by atoms with E-state index in [9.17, 15) is 14.4 Å². The van der Waals surface area contributed by atoms with Gasteiger partial charge in [0.05, 0.1) is 0 Å². The molecule has 0 unspecified atom stereocenters. The minimum atomic E-state index is -0.608. The minimum Gasteiger partial charge on any atom is -0.482 e. The van der Waals surface area contributed by atoms with Gasteiger partial charge in [0.2, 0.25) is 5.91 Å². The molecule has 6 nitrogen and oxygen atoms in total. The average molecular weight is 411 g/mol. The Labute approximate surface area is 177 Å². The molecule has 0 aliphatic carbocycles. The van der Waals surface area contributed by atoms with E-state index in [0.29, 0.717) is 23.4 Å². The Bertz CT molecular complexity index is 887. The van der Waals surface area contributed by atoms with Gasteiger partial charge in [0.25, 0.3) is 0 Å². The highest BCUT2D eigenvalue weighted by Crippen LogP contribution is 2.27. The van der Waals surface area contributed by atoms with E-state index in [1.165, 1.54) is 0 Å². The second-order valence-corrected chi connectivity index (χ2v) is 7.44. The van der Waals surface area contributed by atoms with Gasteiger partial charge >= 0.3 is 5.97 Å². The summed E-state index contributed by atoms with van der Waals surface area (Å²) >= 11 is 0. The number of Topliss-reactive ketones (excluding diaryl/α,β-unsaturated/α-hetero) is 1. The van der Waals surface area contributed by atoms with Crippen molar-refractivity contribution in [3.63, 3.8) is 0 Å². The lowest BCUT2D eigenvalue weighted by Gasteiger charge is -2.14. The van der Waals surface area contributed by atoms with Crippen molar-refractivity contribution in [3.8, 4) is 5.75 Å². The Morgan fingerprint density at radius 2 is 1.70 bits per heavy atom. The summed E-state index contributed by atoms with van der Waals surface area (Å²) in [5.74, 6) is -0.0992. The molecule has 0 fully saturated rings. The number of aryl methyl sites for hydroxylation is 1. The molecule has 0 spiro atoms. The lowest BCUT2D eigenvalue weighted by Crippen LogP contribution is -2.20. The number of anilines is 1. The summed E-state index contributed by atoms with van der Waals surface area (Å²) in [6.45, 7) is 7.35. The van der Waals surface area contributed by atoms with E-state index in [2.05, 4.69) is 19.2 Å². The first-order valence-electron chi connectivity index (χ1n) is 10.1. The highest BCUT2D eigenvalue weighted by Gasteiger charge is 2.13. The van der Waals surface area contributed by atoms with Crippen LogP contribution in [0, 0.1) is 6.92 Å². The van der Waals surface area contributed by atoms with Crippen LogP contribution in [0.15, 0.2) is 42.5 Å². The molecule has 0 aliphatic heterocycles. The zero-order chi connectivity index (χ0) is 22.1. The molecule has 0 saturated carbocycles. The number of benzene rings is 2. The van der Waals surface area contributed by atoms with E-state index >= 15 is 0 Å². The number of nitrogens with one attached hydrogen (secondary N) is 1. The maximum absolute atomic E-state index is 12.2. The molecule has 0 bridgehead atoms. The molecule has 0 saturated heterocycles. The zero-order valence-electron chi connectivity index (χ0n) is 18.0. The van der Waals surface area contributed by atoms with Gasteiger partial charge in [-0.2, -0.15) is 0 Å². The van der Waals surface area contributed by atoms with Gasteiger partial charge < -0.3 is 14.8 Å². The standard InChI is InChI=1S/C24H29NO5/c1-5-6-23(27)25-19-10-8-18(9-11-19)21(26)14-30-24(28)15-29-22-13-17(4)7-12-20(22)16(2)3/h7-13,16H,5-6,14-15H2,1-4H3,(H,25,27). The number of rotatable bonds is 10. The van der Waals surface area contributed by atoms with E-state index in [4.69, 9.17) is 9.47 Å². The largest absolute Gasteiger partial charge is 0.482 e. The minimum absolute atomic E-state index is 0.0697. The summed E-state index contributed by atoms with van der Waals surface area (Å²) in [4.78, 5) is 35.9. The van der Waals surface area contributed by atoms with Crippen molar-refractivity contribution in [1.29, 1.82) is 0 Å². The Morgan fingerprint density at radius 1 is 1.00 bits per heavy atom. The predicted molar refractivity (Wildman–Crippen MR) is 116 cm³/mol. The Kier molecular flexibility index (Phi) is 8.59. The van der Waals surface area contributed by atoms with Crippen LogP contribution in [0.25, 0.3) is 0 Å². The third kappa shape index (κ3) is 7.03. The zero-order valence-corrected chi connectivity index (χ0v) is 18.0. The van der Waals surface area contributed by atoms with Crippen molar-refractivity contribution < 1.29 is 23.9 Å². The van der Waals surface area contributed by atoms with Crippen LogP contribution in [0.5, 0.6) is 5.75 Å². The molecule has 0 aliphatic rings. The van der Waals surface area contributed by atoms with Crippen LogP contribution in [0.4, 0.5) is 5.69 Å². The Balaban J connectivity index is 1.84. The second kappa shape index (κ2) is 11.1. The number of carbonyl (C=O) groups excluding carboxylic acids is 3. The number of ketones is 1. The third-order valence-electron chi connectivity index (χ3n) is 4.47. The molecule has 30 heavy (non-hydrogen) atoms. The smallest absolute Gasteiger partial charge is 0.344 e. The van der Waals surface area contributed by atoms with Gasteiger partial charge in [-0.3, -0.25) is 9.59 Å². The van der Waals surface area contributed by atoms with E-state index in [1.54, 1.807) is 24.3 Å². The van der Waals surface area contributed by atoms with Gasteiger partial charge in [0, 0.05) is 17.7 Å². The van der Waals surface area contributed by atoms with Gasteiger partial charge in [0.15, 0.2) is 19.0 Å². The quantitative estimate of drug-likeness (QED) is 0.454. The SMILES string of the molecule is CCCC(=O)Nc1ccc(C(=O)COC(=O)COc2cc(C)ccc2C(C)C)cc1. The van der Waals surface area contributed by atoms with Crippen molar-refractivity contribution in [2.45, 2.75) is 46.5 Å². The van der Waals surface area contributed by atoms with Crippen LogP contribution in [0.1, 0.15) is 61.0 Å². The average Bonchev–Trinajstić information content (AvgIpc) is 2.71. The number of hydrogen-bond acceptors (Lipinski definition) is 5. The molecule has 1 N–H and O–H groups in total. The van der Waals surface area contributed by atoms with Gasteiger partial charge in [-0.25, -0.2) is 4.79 Å². The topological polar surface area (TPSA) is 81.7 Å². The van der Waals surface area contributed by atoms with E-state index < -0.39 is 5.97 Å². The number of carbonyl (C=O) groups is 3. The van der Waals surface area contributed by atoms with Crippen molar-refractivity contribution in [2.75, 3.05) is 18.5 Å². The number of hydrogen-bond donors (Lipinski definition) is 1. The van der Waals surface area contributed by atoms with E-state index in [-0.39, 0.29) is 30.8 Å². The maximum Gasteiger partial charge on any atom is 0.344 e. The highest BCUT2D eigenvalue weighted by atomic mass is 16.6. The molecule has 0 radical (unpaired) electrons. The maximum atomic E-state index is 12.2. The summed E-state index contributed by atoms with van der Waals surface area (Å²) in [5.41, 5.74) is 3.07. The highest BCUT2D eigenvalue weighted by molar-refractivity contribution is 5.98. The predicted octanol–water partition coefficient (Wildman–Crippen LogP) is 4.66. The second-order valence-electron chi connectivity index (χ2n) is 7.44. The number of ether oxygens (including phenoxy) is 2. The molecule has 2 rings (SSSR count). The molecule has 1 amide bonds. The molecular formula is C24H29NO5. The summed E-state index contributed by atoms with van der Waals surface area (Å²) < 4.78 is 10.7. The first-order valence-corrected chi connectivity index (χ1v) is 10.1. The molecule has 160 valence electrons. The monoisotopic (exact) mass is 411 g/mol. The fraction of sp³-hybridized carbons (Fsp3) is 0.375. The number of esters is 1. The van der Waals surface area contributed by atoms with Crippen molar-refractivity contribution >= 4 is 23.3 Å². The summed E-state index contributed by atoms with van der Waals surface area (Å²) in [5, 5.41) is 2.76. The summed E-state index contributed by atoms with van der Waals surface area (Å²) in [7, 11) is 0. The van der Waals surface area contributed by atoms with Crippen molar-refractivity contribution in [3.05, 3.63) is 59.2 Å². The van der Waals surface area contributed by atoms with Gasteiger partial charge in [-0.1, -0.05) is 32.9 Å². The van der Waals surface area contributed by atoms with Crippen molar-refractivity contribution in [2.24, 2.45) is 0 Å². The first-order chi connectivity index (χ1) is 14.3. The lowest BCUT2D eigenvalue weighted by atomic mass is 10.0. The van der Waals surface area contributed by atoms with Crippen LogP contribution in [-0.4, -0.2) is 30.9 Å². The molecular weight excluding hydrogens is 382 g/mol. The van der Waals surface area contributed by atoms with Crippen LogP contribution >= 0.6 is 0 Å².